The van der Waals surface area contributed by atoms with E-state index >= 15 is 0 Å². The summed E-state index contributed by atoms with van der Waals surface area (Å²) in [7, 11) is 1.97. The highest BCUT2D eigenvalue weighted by atomic mass is 32.1. The maximum Gasteiger partial charge on any atom is 0.343 e. The Bertz CT molecular complexity index is 1740. The third kappa shape index (κ3) is 5.99. The highest BCUT2D eigenvalue weighted by Gasteiger charge is 2.25. The lowest BCUT2D eigenvalue weighted by Gasteiger charge is -2.18. The summed E-state index contributed by atoms with van der Waals surface area (Å²) in [5, 5.41) is 0.354. The highest BCUT2D eigenvalue weighted by Crippen LogP contribution is 2.39. The molecule has 3 aromatic carbocycles. The number of aromatic nitrogens is 1. The van der Waals surface area contributed by atoms with Crippen molar-refractivity contribution in [3.8, 4) is 10.4 Å². The van der Waals surface area contributed by atoms with Crippen LogP contribution in [0, 0.1) is 18.6 Å². The Hall–Kier alpha value is -4.14. The number of nitrogens with zero attached hydrogens (tertiary/aromatic N) is 2. The van der Waals surface area contributed by atoms with E-state index < -0.39 is 23.0 Å². The van der Waals surface area contributed by atoms with Crippen LogP contribution in [0.3, 0.4) is 0 Å². The molecule has 0 radical (unpaired) electrons. The van der Waals surface area contributed by atoms with Gasteiger partial charge in [0.2, 0.25) is 5.43 Å². The topological polar surface area (TPSA) is 51.5 Å². The summed E-state index contributed by atoms with van der Waals surface area (Å²) in [6.45, 7) is 4.60. The minimum absolute atomic E-state index is 0.0865. The third-order valence-electron chi connectivity index (χ3n) is 6.93. The Morgan fingerprint density at radius 2 is 1.61 bits per heavy atom. The lowest BCUT2D eigenvalue weighted by atomic mass is 10.0. The van der Waals surface area contributed by atoms with Crippen LogP contribution in [0.4, 0.5) is 8.78 Å². The van der Waals surface area contributed by atoms with Gasteiger partial charge in [-0.05, 0) is 49.7 Å². The lowest BCUT2D eigenvalue weighted by Crippen LogP contribution is -2.23. The van der Waals surface area contributed by atoms with Gasteiger partial charge < -0.3 is 9.30 Å². The summed E-state index contributed by atoms with van der Waals surface area (Å²) in [6.07, 6.45) is 1.36. The second-order valence-corrected chi connectivity index (χ2v) is 11.0. The molecule has 0 unspecified atom stereocenters. The average Bonchev–Trinajstić information content (AvgIpc) is 3.32. The molecule has 41 heavy (non-hydrogen) atoms. The van der Waals surface area contributed by atoms with Gasteiger partial charge in [-0.15, -0.1) is 11.3 Å². The molecule has 0 saturated carbocycles. The first-order chi connectivity index (χ1) is 19.8. The molecule has 0 amide bonds. The molecule has 5 rings (SSSR count). The average molecular weight is 573 g/mol. The number of rotatable bonds is 9. The van der Waals surface area contributed by atoms with Gasteiger partial charge in [-0.2, -0.15) is 0 Å². The largest absolute Gasteiger partial charge is 0.462 e. The fourth-order valence-electron chi connectivity index (χ4n) is 4.93. The Morgan fingerprint density at radius 3 is 2.27 bits per heavy atom. The van der Waals surface area contributed by atoms with Crippen molar-refractivity contribution in [2.24, 2.45) is 0 Å². The summed E-state index contributed by atoms with van der Waals surface area (Å²) < 4.78 is 36.3. The van der Waals surface area contributed by atoms with E-state index in [1.165, 1.54) is 35.7 Å². The molecular formula is C33H30F2N2O3S. The van der Waals surface area contributed by atoms with Crippen LogP contribution in [0.1, 0.15) is 39.5 Å². The molecule has 8 heteroatoms. The normalized spacial score (nSPS) is 11.4. The zero-order valence-corrected chi connectivity index (χ0v) is 23.9. The fraction of sp³-hybridized carbons (Fsp3) is 0.212. The highest BCUT2D eigenvalue weighted by molar-refractivity contribution is 7.22. The van der Waals surface area contributed by atoms with Gasteiger partial charge >= 0.3 is 5.97 Å². The molecule has 0 spiro atoms. The molecule has 2 aromatic heterocycles. The molecule has 0 fully saturated rings. The fourth-order valence-corrected chi connectivity index (χ4v) is 6.22. The van der Waals surface area contributed by atoms with Crippen LogP contribution in [0.5, 0.6) is 0 Å². The number of pyridine rings is 1. The number of ether oxygens (including phenoxy) is 1. The number of carbonyl (C=O) groups excluding carboxylic acids is 1. The maximum atomic E-state index is 14.8. The number of fused-ring (bicyclic) bond motifs is 1. The Kier molecular flexibility index (Phi) is 8.42. The van der Waals surface area contributed by atoms with E-state index in [0.717, 1.165) is 27.1 Å². The first-order valence-corrected chi connectivity index (χ1v) is 14.2. The van der Waals surface area contributed by atoms with Gasteiger partial charge in [0, 0.05) is 29.7 Å². The summed E-state index contributed by atoms with van der Waals surface area (Å²) >= 11 is 1.38. The zero-order chi connectivity index (χ0) is 29.1. The smallest absolute Gasteiger partial charge is 0.343 e. The number of halogens is 2. The van der Waals surface area contributed by atoms with Crippen molar-refractivity contribution in [1.82, 2.24) is 9.47 Å². The van der Waals surface area contributed by atoms with Crippen LogP contribution in [-0.4, -0.2) is 29.1 Å². The van der Waals surface area contributed by atoms with Crippen LogP contribution in [0.25, 0.3) is 20.7 Å². The van der Waals surface area contributed by atoms with E-state index in [4.69, 9.17) is 4.74 Å². The molecule has 0 aliphatic carbocycles. The second-order valence-electron chi connectivity index (χ2n) is 10.0. The molecule has 2 heterocycles. The van der Waals surface area contributed by atoms with Crippen molar-refractivity contribution < 1.29 is 18.3 Å². The molecule has 0 bridgehead atoms. The van der Waals surface area contributed by atoms with E-state index in [1.807, 2.05) is 68.6 Å². The van der Waals surface area contributed by atoms with Crippen LogP contribution < -0.4 is 5.43 Å². The SMILES string of the molecule is CCOC(=O)c1cn(Cc2c(F)cccc2F)c2sc(-c3ccc(C)cc3)c(CN(C)Cc3ccccc3)c2c1=O. The van der Waals surface area contributed by atoms with Crippen molar-refractivity contribution in [3.63, 3.8) is 0 Å². The summed E-state index contributed by atoms with van der Waals surface area (Å²) in [6, 6.07) is 21.7. The van der Waals surface area contributed by atoms with Crippen molar-refractivity contribution >= 4 is 27.5 Å². The number of hydrogen-bond donors (Lipinski definition) is 0. The Balaban J connectivity index is 1.74. The Labute approximate surface area is 241 Å². The molecule has 5 nitrogen and oxygen atoms in total. The van der Waals surface area contributed by atoms with E-state index in [-0.39, 0.29) is 24.3 Å². The zero-order valence-electron chi connectivity index (χ0n) is 23.1. The predicted octanol–water partition coefficient (Wildman–Crippen LogP) is 7.17. The van der Waals surface area contributed by atoms with Crippen molar-refractivity contribution in [2.75, 3.05) is 13.7 Å². The molecule has 0 aliphatic rings. The van der Waals surface area contributed by atoms with Gasteiger partial charge in [-0.1, -0.05) is 66.2 Å². The number of carbonyl (C=O) groups is 1. The van der Waals surface area contributed by atoms with Gasteiger partial charge in [-0.25, -0.2) is 13.6 Å². The van der Waals surface area contributed by atoms with Gasteiger partial charge in [0.25, 0.3) is 0 Å². The van der Waals surface area contributed by atoms with Gasteiger partial charge in [0.1, 0.15) is 22.0 Å². The quantitative estimate of drug-likeness (QED) is 0.176. The van der Waals surface area contributed by atoms with Crippen molar-refractivity contribution in [2.45, 2.75) is 33.5 Å². The van der Waals surface area contributed by atoms with Crippen LogP contribution >= 0.6 is 11.3 Å². The third-order valence-corrected chi connectivity index (χ3v) is 8.25. The predicted molar refractivity (Wildman–Crippen MR) is 159 cm³/mol. The first kappa shape index (κ1) is 28.4. The van der Waals surface area contributed by atoms with Crippen LogP contribution in [-0.2, 0) is 24.4 Å². The standard InChI is InChI=1S/C33H30F2N2O3S/c1-4-40-33(39)26-20-37(19-24-27(34)11-8-12-28(24)35)32-29(30(26)38)25(18-36(3)17-22-9-6-5-7-10-22)31(41-32)23-15-13-21(2)14-16-23/h5-16,20H,4,17-19H2,1-3H3. The molecular weight excluding hydrogens is 542 g/mol. The molecule has 0 aliphatic heterocycles. The van der Waals surface area contributed by atoms with Gasteiger partial charge in [0.05, 0.1) is 18.5 Å². The van der Waals surface area contributed by atoms with Crippen molar-refractivity contribution in [1.29, 1.82) is 0 Å². The number of esters is 1. The van der Waals surface area contributed by atoms with Crippen LogP contribution in [0.2, 0.25) is 0 Å². The number of aryl methyl sites for hydroxylation is 1. The minimum Gasteiger partial charge on any atom is -0.462 e. The maximum absolute atomic E-state index is 14.8. The summed E-state index contributed by atoms with van der Waals surface area (Å²) in [5.74, 6) is -2.17. The first-order valence-electron chi connectivity index (χ1n) is 13.3. The molecule has 210 valence electrons. The lowest BCUT2D eigenvalue weighted by molar-refractivity contribution is 0.0524. The monoisotopic (exact) mass is 572 g/mol. The van der Waals surface area contributed by atoms with E-state index in [0.29, 0.717) is 23.3 Å². The summed E-state index contributed by atoms with van der Waals surface area (Å²) in [4.78, 5) is 30.4. The minimum atomic E-state index is -0.770. The molecule has 0 atom stereocenters. The van der Waals surface area contributed by atoms with E-state index in [2.05, 4.69) is 4.90 Å². The molecule has 0 saturated heterocycles. The van der Waals surface area contributed by atoms with E-state index in [1.54, 1.807) is 11.5 Å². The van der Waals surface area contributed by atoms with Gasteiger partial charge in [0.15, 0.2) is 0 Å². The molecule has 5 aromatic rings. The van der Waals surface area contributed by atoms with Crippen LogP contribution in [0.15, 0.2) is 83.8 Å². The van der Waals surface area contributed by atoms with Gasteiger partial charge in [-0.3, -0.25) is 9.69 Å². The second kappa shape index (κ2) is 12.2. The molecule has 0 N–H and O–H groups in total. The van der Waals surface area contributed by atoms with E-state index in [9.17, 15) is 18.4 Å². The number of thiophene rings is 1. The summed E-state index contributed by atoms with van der Waals surface area (Å²) in [5.41, 5.74) is 3.10. The van der Waals surface area contributed by atoms with Crippen molar-refractivity contribution in [3.05, 3.63) is 129 Å². The number of benzene rings is 3. The Morgan fingerprint density at radius 1 is 0.927 bits per heavy atom. The number of hydrogen-bond acceptors (Lipinski definition) is 5.